The van der Waals surface area contributed by atoms with Gasteiger partial charge in [-0.1, -0.05) is 0 Å². The fourth-order valence-corrected chi connectivity index (χ4v) is 4.59. The third-order valence-electron chi connectivity index (χ3n) is 5.95. The Hall–Kier alpha value is -1.68. The maximum Gasteiger partial charge on any atom is 0.330 e. The Morgan fingerprint density at radius 1 is 1.34 bits per heavy atom. The van der Waals surface area contributed by atoms with E-state index in [-0.39, 0.29) is 23.1 Å². The summed E-state index contributed by atoms with van der Waals surface area (Å²) in [4.78, 5) is 24.3. The zero-order valence-corrected chi connectivity index (χ0v) is 17.9. The van der Waals surface area contributed by atoms with Crippen LogP contribution in [0.25, 0.3) is 11.2 Å². The predicted octanol–water partition coefficient (Wildman–Crippen LogP) is 1.72. The summed E-state index contributed by atoms with van der Waals surface area (Å²) in [6.45, 7) is 4.96. The molecular weight excluding hydrogens is 398 g/mol. The number of likely N-dealkylation sites (tertiary alicyclic amines) is 1. The Bertz CT molecular complexity index is 923. The van der Waals surface area contributed by atoms with Gasteiger partial charge in [-0.2, -0.15) is 9.97 Å². The van der Waals surface area contributed by atoms with Crippen molar-refractivity contribution in [1.29, 1.82) is 0 Å². The number of ether oxygens (including phenoxy) is 3. The summed E-state index contributed by atoms with van der Waals surface area (Å²) < 4.78 is 20.3. The molecule has 2 saturated heterocycles. The Kier molecular flexibility index (Phi) is 6.10. The van der Waals surface area contributed by atoms with Crippen molar-refractivity contribution in [1.82, 2.24) is 24.0 Å². The highest BCUT2D eigenvalue weighted by Gasteiger charge is 2.31. The van der Waals surface area contributed by atoms with Crippen LogP contribution in [0.4, 0.5) is 0 Å². The SMILES string of the molecule is COCCn1c(=O)n([C@@H]2CCOC2)c2nc(Cl)nc(O[C@@H](C)[C@@H]3CCCN3C)c21. The Balaban J connectivity index is 1.81. The lowest BCUT2D eigenvalue weighted by Gasteiger charge is -2.26. The monoisotopic (exact) mass is 425 g/mol. The molecule has 0 N–H and O–H groups in total. The zero-order valence-electron chi connectivity index (χ0n) is 17.1. The van der Waals surface area contributed by atoms with Crippen LogP contribution in [0, 0.1) is 0 Å². The first-order chi connectivity index (χ1) is 14.0. The first-order valence-electron chi connectivity index (χ1n) is 10.1. The van der Waals surface area contributed by atoms with Crippen molar-refractivity contribution in [3.8, 4) is 5.88 Å². The van der Waals surface area contributed by atoms with Crippen LogP contribution in [0.3, 0.4) is 0 Å². The number of nitrogens with zero attached hydrogens (tertiary/aromatic N) is 5. The molecule has 10 heteroatoms. The maximum atomic E-state index is 13.3. The minimum Gasteiger partial charge on any atom is -0.471 e. The quantitative estimate of drug-likeness (QED) is 0.624. The Morgan fingerprint density at radius 3 is 2.83 bits per heavy atom. The lowest BCUT2D eigenvalue weighted by Crippen LogP contribution is -2.38. The van der Waals surface area contributed by atoms with Gasteiger partial charge in [0.15, 0.2) is 11.2 Å². The summed E-state index contributed by atoms with van der Waals surface area (Å²) in [6, 6.07) is 0.217. The van der Waals surface area contributed by atoms with Crippen molar-refractivity contribution in [2.24, 2.45) is 0 Å². The Morgan fingerprint density at radius 2 is 2.17 bits per heavy atom. The maximum absolute atomic E-state index is 13.3. The van der Waals surface area contributed by atoms with Gasteiger partial charge in [0.2, 0.25) is 11.2 Å². The van der Waals surface area contributed by atoms with Gasteiger partial charge >= 0.3 is 5.69 Å². The number of imidazole rings is 1. The fraction of sp³-hybridized carbons (Fsp3) is 0.737. The average molecular weight is 426 g/mol. The van der Waals surface area contributed by atoms with Crippen LogP contribution in [0.15, 0.2) is 4.79 Å². The van der Waals surface area contributed by atoms with E-state index in [0.717, 1.165) is 25.8 Å². The highest BCUT2D eigenvalue weighted by molar-refractivity contribution is 6.28. The summed E-state index contributed by atoms with van der Waals surface area (Å²) in [5.41, 5.74) is 0.888. The molecule has 0 saturated carbocycles. The van der Waals surface area contributed by atoms with Crippen LogP contribution in [0.5, 0.6) is 5.88 Å². The van der Waals surface area contributed by atoms with Crippen LogP contribution in [-0.4, -0.2) is 76.7 Å². The van der Waals surface area contributed by atoms with Crippen LogP contribution < -0.4 is 10.4 Å². The molecule has 0 radical (unpaired) electrons. The number of aromatic nitrogens is 4. The summed E-state index contributed by atoms with van der Waals surface area (Å²) in [6.07, 6.45) is 2.87. The van der Waals surface area contributed by atoms with Gasteiger partial charge in [0.05, 0.1) is 25.8 Å². The van der Waals surface area contributed by atoms with Crippen LogP contribution in [-0.2, 0) is 16.0 Å². The standard InChI is InChI=1S/C19H28ClN5O4/c1-12(14-5-4-7-23(14)2)29-17-15-16(21-18(20)22-17)25(13-6-9-28-11-13)19(26)24(15)8-10-27-3/h12-14H,4-11H2,1-3H3/t12-,13+,14-/m0/s1. The van der Waals surface area contributed by atoms with Crippen molar-refractivity contribution < 1.29 is 14.2 Å². The molecule has 4 heterocycles. The molecule has 29 heavy (non-hydrogen) atoms. The van der Waals surface area contributed by atoms with Crippen LogP contribution in [0.1, 0.15) is 32.2 Å². The lowest BCUT2D eigenvalue weighted by atomic mass is 10.1. The van der Waals surface area contributed by atoms with Gasteiger partial charge in [0, 0.05) is 19.8 Å². The molecule has 2 aliphatic heterocycles. The number of fused-ring (bicyclic) bond motifs is 1. The average Bonchev–Trinajstić information content (AvgIpc) is 3.39. The molecule has 2 aliphatic rings. The number of hydrogen-bond acceptors (Lipinski definition) is 7. The predicted molar refractivity (Wildman–Crippen MR) is 109 cm³/mol. The normalized spacial score (nSPS) is 23.9. The number of likely N-dealkylation sites (N-methyl/N-ethyl adjacent to an activating group) is 1. The van der Waals surface area contributed by atoms with E-state index in [1.165, 1.54) is 0 Å². The molecule has 2 fully saturated rings. The van der Waals surface area contributed by atoms with E-state index in [2.05, 4.69) is 21.9 Å². The summed E-state index contributed by atoms with van der Waals surface area (Å²) >= 11 is 6.25. The molecule has 0 unspecified atom stereocenters. The molecular formula is C19H28ClN5O4. The van der Waals surface area contributed by atoms with Gasteiger partial charge in [-0.05, 0) is 51.4 Å². The van der Waals surface area contributed by atoms with E-state index in [0.29, 0.717) is 49.5 Å². The second kappa shape index (κ2) is 8.59. The molecule has 2 aromatic heterocycles. The van der Waals surface area contributed by atoms with Crippen molar-refractivity contribution in [3.05, 3.63) is 15.8 Å². The van der Waals surface area contributed by atoms with E-state index < -0.39 is 0 Å². The minimum atomic E-state index is -0.167. The van der Waals surface area contributed by atoms with Gasteiger partial charge in [0.1, 0.15) is 6.10 Å². The Labute approximate surface area is 174 Å². The minimum absolute atomic E-state index is 0.0658. The largest absolute Gasteiger partial charge is 0.471 e. The summed E-state index contributed by atoms with van der Waals surface area (Å²) in [5.74, 6) is 0.346. The van der Waals surface area contributed by atoms with Gasteiger partial charge in [-0.15, -0.1) is 0 Å². The van der Waals surface area contributed by atoms with Crippen LogP contribution >= 0.6 is 11.6 Å². The van der Waals surface area contributed by atoms with Crippen molar-refractivity contribution >= 4 is 22.8 Å². The van der Waals surface area contributed by atoms with E-state index >= 15 is 0 Å². The fourth-order valence-electron chi connectivity index (χ4n) is 4.43. The van der Waals surface area contributed by atoms with E-state index in [1.54, 1.807) is 16.2 Å². The molecule has 4 rings (SSSR count). The van der Waals surface area contributed by atoms with Gasteiger partial charge < -0.3 is 14.2 Å². The third kappa shape index (κ3) is 3.88. The smallest absolute Gasteiger partial charge is 0.330 e. The summed E-state index contributed by atoms with van der Waals surface area (Å²) in [7, 11) is 3.71. The summed E-state index contributed by atoms with van der Waals surface area (Å²) in [5, 5.41) is 0.0658. The number of methoxy groups -OCH3 is 1. The molecule has 2 aromatic rings. The van der Waals surface area contributed by atoms with Crippen molar-refractivity contribution in [2.45, 2.75) is 50.9 Å². The molecule has 3 atom stereocenters. The van der Waals surface area contributed by atoms with Gasteiger partial charge in [-0.3, -0.25) is 14.0 Å². The highest BCUT2D eigenvalue weighted by Crippen LogP contribution is 2.30. The molecule has 0 aliphatic carbocycles. The number of rotatable bonds is 7. The number of hydrogen-bond donors (Lipinski definition) is 0. The zero-order chi connectivity index (χ0) is 20.5. The second-order valence-electron chi connectivity index (χ2n) is 7.80. The third-order valence-corrected chi connectivity index (χ3v) is 6.12. The van der Waals surface area contributed by atoms with Crippen molar-refractivity contribution in [3.63, 3.8) is 0 Å². The molecule has 0 bridgehead atoms. The topological polar surface area (TPSA) is 83.6 Å². The molecule has 0 amide bonds. The van der Waals surface area contributed by atoms with E-state index in [9.17, 15) is 4.79 Å². The first kappa shape index (κ1) is 20.6. The molecule has 0 aromatic carbocycles. The van der Waals surface area contributed by atoms with Crippen LogP contribution in [0.2, 0.25) is 5.28 Å². The first-order valence-corrected chi connectivity index (χ1v) is 10.5. The molecule has 160 valence electrons. The second-order valence-corrected chi connectivity index (χ2v) is 8.14. The van der Waals surface area contributed by atoms with Crippen molar-refractivity contribution in [2.75, 3.05) is 40.5 Å². The van der Waals surface area contributed by atoms with E-state index in [1.807, 2.05) is 6.92 Å². The lowest BCUT2D eigenvalue weighted by molar-refractivity contribution is 0.118. The number of halogens is 1. The van der Waals surface area contributed by atoms with Gasteiger partial charge in [0.25, 0.3) is 0 Å². The highest BCUT2D eigenvalue weighted by atomic mass is 35.5. The van der Waals surface area contributed by atoms with Gasteiger partial charge in [-0.25, -0.2) is 4.79 Å². The molecule has 0 spiro atoms. The molecule has 9 nitrogen and oxygen atoms in total. The van der Waals surface area contributed by atoms with E-state index in [4.69, 9.17) is 25.8 Å².